The number of carbonyl (C=O) groups excluding carboxylic acids is 4. The summed E-state index contributed by atoms with van der Waals surface area (Å²) in [5.74, 6) is 0.00853. The van der Waals surface area contributed by atoms with Gasteiger partial charge < -0.3 is 33.8 Å². The molecule has 3 unspecified atom stereocenters. The predicted molar refractivity (Wildman–Crippen MR) is 358 cm³/mol. The Balaban J connectivity index is 5.28. The summed E-state index contributed by atoms with van der Waals surface area (Å²) in [4.78, 5) is 72.4. The highest BCUT2D eigenvalue weighted by molar-refractivity contribution is 7.47. The Bertz CT molecular complexity index is 1840. The molecule has 0 aromatic heterocycles. The van der Waals surface area contributed by atoms with Crippen LogP contribution >= 0.6 is 15.6 Å². The fourth-order valence-electron chi connectivity index (χ4n) is 9.97. The first-order valence-corrected chi connectivity index (χ1v) is 38.7. The number of hydrogen-bond donors (Lipinski definition) is 3. The largest absolute Gasteiger partial charge is 0.472 e. The normalized spacial score (nSPS) is 14.7. The molecule has 0 radical (unpaired) electrons. The molecule has 0 aliphatic rings. The maximum atomic E-state index is 13.0. The van der Waals surface area contributed by atoms with E-state index in [4.69, 9.17) is 37.0 Å². The SMILES string of the molecule is CCCCCC/C=C\C=C/CCCCCCCC(=O)OC[C@H](COP(=O)(O)OC[C@@H](O)COP(=O)(O)OC[C@@H](COC(=O)CCCCCCCCC(C)C)OC(=O)CCCCCCCCC(C)CC)OC(=O)CCCCCCCCCCCCCCC(C)C. The minimum atomic E-state index is -4.96. The molecule has 0 saturated heterocycles. The molecule has 0 amide bonds. The van der Waals surface area contributed by atoms with Gasteiger partial charge in [-0.25, -0.2) is 9.13 Å². The molecule has 0 aliphatic carbocycles. The van der Waals surface area contributed by atoms with Crippen molar-refractivity contribution in [2.24, 2.45) is 17.8 Å². The number of phosphoric acid groups is 2. The molecule has 524 valence electrons. The molecule has 0 aromatic carbocycles. The molecule has 0 aromatic rings. The lowest BCUT2D eigenvalue weighted by Crippen LogP contribution is -2.30. The lowest BCUT2D eigenvalue weighted by Gasteiger charge is -2.21. The molecule has 0 aliphatic heterocycles. The Kier molecular flexibility index (Phi) is 58.8. The molecule has 0 fully saturated rings. The quantitative estimate of drug-likeness (QED) is 0.0169. The highest BCUT2D eigenvalue weighted by atomic mass is 31.2. The number of rotatable bonds is 66. The van der Waals surface area contributed by atoms with Gasteiger partial charge in [0, 0.05) is 25.7 Å². The minimum absolute atomic E-state index is 0.0992. The standard InChI is InChI=1S/C70H132O17P2/c1-8-10-11-12-13-14-15-16-17-18-22-25-28-37-44-51-67(72)80-57-65(86-69(74)53-46-39-29-26-23-20-19-21-24-27-34-41-48-61(3)4)59-84-88(76,77)82-55-64(71)56-83-89(78,79)85-60-66(58-81-68(73)52-45-38-32-30-35-42-49-62(5)6)87-70(75)54-47-40-33-31-36-43-50-63(7)9-2/h14-17,61-66,71H,8-13,18-60H2,1-7H3,(H,76,77)(H,78,79)/b15-14-,17-16-/t63?,64-,65-,66-/m1/s1. The van der Waals surface area contributed by atoms with Crippen LogP contribution in [0.2, 0.25) is 0 Å². The Morgan fingerprint density at radius 3 is 1.00 bits per heavy atom. The summed E-state index contributed by atoms with van der Waals surface area (Å²) in [5.41, 5.74) is 0. The average molecular weight is 1310 g/mol. The minimum Gasteiger partial charge on any atom is -0.462 e. The maximum Gasteiger partial charge on any atom is 0.472 e. The van der Waals surface area contributed by atoms with Gasteiger partial charge in [0.25, 0.3) is 0 Å². The van der Waals surface area contributed by atoms with Crippen LogP contribution < -0.4 is 0 Å². The number of carbonyl (C=O) groups is 4. The van der Waals surface area contributed by atoms with Crippen LogP contribution in [0.5, 0.6) is 0 Å². The molecule has 89 heavy (non-hydrogen) atoms. The van der Waals surface area contributed by atoms with Gasteiger partial charge in [-0.3, -0.25) is 37.3 Å². The Morgan fingerprint density at radius 2 is 0.663 bits per heavy atom. The highest BCUT2D eigenvalue weighted by Crippen LogP contribution is 2.45. The molecular weight excluding hydrogens is 1170 g/mol. The fourth-order valence-corrected chi connectivity index (χ4v) is 11.5. The van der Waals surface area contributed by atoms with Crippen molar-refractivity contribution in [1.29, 1.82) is 0 Å². The van der Waals surface area contributed by atoms with Gasteiger partial charge in [0.1, 0.15) is 19.3 Å². The molecule has 0 saturated carbocycles. The topological polar surface area (TPSA) is 237 Å². The van der Waals surface area contributed by atoms with Crippen LogP contribution in [0.15, 0.2) is 24.3 Å². The summed E-state index contributed by atoms with van der Waals surface area (Å²) in [7, 11) is -9.91. The zero-order chi connectivity index (χ0) is 65.9. The van der Waals surface area contributed by atoms with Gasteiger partial charge >= 0.3 is 39.5 Å². The van der Waals surface area contributed by atoms with Crippen LogP contribution in [0.4, 0.5) is 0 Å². The smallest absolute Gasteiger partial charge is 0.462 e. The molecule has 0 heterocycles. The van der Waals surface area contributed by atoms with E-state index in [1.807, 2.05) is 0 Å². The maximum absolute atomic E-state index is 13.0. The zero-order valence-corrected chi connectivity index (χ0v) is 59.2. The Labute approximate surface area is 542 Å². The third-order valence-electron chi connectivity index (χ3n) is 15.9. The number of aliphatic hydroxyl groups is 1. The number of ether oxygens (including phenoxy) is 4. The monoisotopic (exact) mass is 1310 g/mol. The number of allylic oxidation sites excluding steroid dienone is 4. The van der Waals surface area contributed by atoms with Gasteiger partial charge in [-0.1, -0.05) is 272 Å². The van der Waals surface area contributed by atoms with Crippen LogP contribution in [0.3, 0.4) is 0 Å². The van der Waals surface area contributed by atoms with Crippen LogP contribution in [0, 0.1) is 17.8 Å². The summed E-state index contributed by atoms with van der Waals surface area (Å²) in [6, 6.07) is 0. The third-order valence-corrected chi connectivity index (χ3v) is 17.8. The number of aliphatic hydroxyl groups excluding tert-OH is 1. The number of unbranched alkanes of at least 4 members (excludes halogenated alkanes) is 30. The Morgan fingerprint density at radius 1 is 0.371 bits per heavy atom. The average Bonchev–Trinajstić information content (AvgIpc) is 3.61. The van der Waals surface area contributed by atoms with E-state index in [0.29, 0.717) is 31.6 Å². The van der Waals surface area contributed by atoms with E-state index in [2.05, 4.69) is 72.8 Å². The predicted octanol–water partition coefficient (Wildman–Crippen LogP) is 19.4. The summed E-state index contributed by atoms with van der Waals surface area (Å²) in [5, 5.41) is 10.6. The van der Waals surface area contributed by atoms with Crippen LogP contribution in [-0.4, -0.2) is 96.7 Å². The zero-order valence-electron chi connectivity index (χ0n) is 57.4. The van der Waals surface area contributed by atoms with E-state index in [1.54, 1.807) is 0 Å². The van der Waals surface area contributed by atoms with Crippen molar-refractivity contribution < 1.29 is 80.2 Å². The first-order valence-electron chi connectivity index (χ1n) is 35.7. The summed E-state index contributed by atoms with van der Waals surface area (Å²) >= 11 is 0. The first-order chi connectivity index (χ1) is 42.8. The molecule has 0 spiro atoms. The molecule has 0 bridgehead atoms. The summed E-state index contributed by atoms with van der Waals surface area (Å²) in [6.45, 7) is 11.6. The van der Waals surface area contributed by atoms with Gasteiger partial charge in [0.05, 0.1) is 26.4 Å². The van der Waals surface area contributed by atoms with Crippen molar-refractivity contribution in [1.82, 2.24) is 0 Å². The third kappa shape index (κ3) is 62.7. The van der Waals surface area contributed by atoms with Crippen LogP contribution in [0.1, 0.15) is 325 Å². The molecule has 6 atom stereocenters. The Hall–Kier alpha value is -2.46. The van der Waals surface area contributed by atoms with E-state index < -0.39 is 97.5 Å². The van der Waals surface area contributed by atoms with Gasteiger partial charge in [-0.2, -0.15) is 0 Å². The molecule has 0 rings (SSSR count). The van der Waals surface area contributed by atoms with Crippen molar-refractivity contribution in [2.75, 3.05) is 39.6 Å². The van der Waals surface area contributed by atoms with Crippen molar-refractivity contribution in [3.05, 3.63) is 24.3 Å². The second-order valence-electron chi connectivity index (χ2n) is 25.8. The van der Waals surface area contributed by atoms with Crippen LogP contribution in [-0.2, 0) is 65.4 Å². The summed E-state index contributed by atoms with van der Waals surface area (Å²) in [6.07, 6.45) is 46.8. The lowest BCUT2D eigenvalue weighted by atomic mass is 10.00. The number of phosphoric ester groups is 2. The summed E-state index contributed by atoms with van der Waals surface area (Å²) < 4.78 is 68.2. The number of hydrogen-bond acceptors (Lipinski definition) is 15. The number of esters is 4. The van der Waals surface area contributed by atoms with Gasteiger partial charge in [0.15, 0.2) is 12.2 Å². The highest BCUT2D eigenvalue weighted by Gasteiger charge is 2.30. The van der Waals surface area contributed by atoms with E-state index in [1.165, 1.54) is 109 Å². The molecule has 19 heteroatoms. The van der Waals surface area contributed by atoms with E-state index in [0.717, 1.165) is 127 Å². The van der Waals surface area contributed by atoms with Crippen molar-refractivity contribution >= 4 is 39.5 Å². The van der Waals surface area contributed by atoms with Crippen molar-refractivity contribution in [2.45, 2.75) is 343 Å². The fraction of sp³-hybridized carbons (Fsp3) is 0.886. The first kappa shape index (κ1) is 86.5. The van der Waals surface area contributed by atoms with Crippen LogP contribution in [0.25, 0.3) is 0 Å². The van der Waals surface area contributed by atoms with Crippen molar-refractivity contribution in [3.8, 4) is 0 Å². The van der Waals surface area contributed by atoms with Gasteiger partial charge in [0.2, 0.25) is 0 Å². The van der Waals surface area contributed by atoms with Gasteiger partial charge in [-0.05, 0) is 69.1 Å². The van der Waals surface area contributed by atoms with E-state index in [-0.39, 0.29) is 25.7 Å². The molecule has 3 N–H and O–H groups in total. The molecule has 17 nitrogen and oxygen atoms in total. The van der Waals surface area contributed by atoms with E-state index in [9.17, 15) is 43.2 Å². The second-order valence-corrected chi connectivity index (χ2v) is 28.7. The molecular formula is C70H132O17P2. The van der Waals surface area contributed by atoms with Crippen molar-refractivity contribution in [3.63, 3.8) is 0 Å². The van der Waals surface area contributed by atoms with E-state index >= 15 is 0 Å². The lowest BCUT2D eigenvalue weighted by molar-refractivity contribution is -0.161. The van der Waals surface area contributed by atoms with Gasteiger partial charge in [-0.15, -0.1) is 0 Å². The second kappa shape index (κ2) is 60.5.